The number of benzene rings is 1. The summed E-state index contributed by atoms with van der Waals surface area (Å²) in [5, 5.41) is 19.2. The monoisotopic (exact) mass is 404 g/mol. The van der Waals surface area contributed by atoms with E-state index in [0.717, 1.165) is 33.1 Å². The molecule has 27 heavy (non-hydrogen) atoms. The lowest BCUT2D eigenvalue weighted by molar-refractivity contribution is -0.146. The summed E-state index contributed by atoms with van der Waals surface area (Å²) in [6.45, 7) is 0. The smallest absolute Gasteiger partial charge is 0.326 e. The summed E-state index contributed by atoms with van der Waals surface area (Å²) in [4.78, 5) is 36.4. The van der Waals surface area contributed by atoms with Crippen molar-refractivity contribution in [3.63, 3.8) is 0 Å². The Morgan fingerprint density at radius 1 is 1.30 bits per heavy atom. The van der Waals surface area contributed by atoms with Gasteiger partial charge in [-0.2, -0.15) is 0 Å². The lowest BCUT2D eigenvalue weighted by atomic mass is 10.1. The zero-order valence-electron chi connectivity index (χ0n) is 14.3. The molecule has 0 saturated carbocycles. The standard InChI is InChI=1S/C18H16N2O5S2/c1-19-9-10(11-4-2-3-5-12(11)19)8-14-16(23)20(18(26)27-14)13(17(24)25)6-7-15(21)22/h2-5,8-9,13H,6-7H2,1H3,(H,21,22)(H,24,25)/b14-8-. The van der Waals surface area contributed by atoms with Crippen LogP contribution in [0.25, 0.3) is 17.0 Å². The Hall–Kier alpha value is -2.65. The number of aromatic nitrogens is 1. The third-order valence-corrected chi connectivity index (χ3v) is 5.60. The fourth-order valence-electron chi connectivity index (χ4n) is 3.00. The van der Waals surface area contributed by atoms with Crippen LogP contribution in [-0.4, -0.2) is 47.9 Å². The molecule has 2 aromatic rings. The van der Waals surface area contributed by atoms with Gasteiger partial charge < -0.3 is 14.8 Å². The van der Waals surface area contributed by atoms with Crippen molar-refractivity contribution in [2.24, 2.45) is 7.05 Å². The third-order valence-electron chi connectivity index (χ3n) is 4.27. The van der Waals surface area contributed by atoms with E-state index in [2.05, 4.69) is 0 Å². The number of amides is 1. The lowest BCUT2D eigenvalue weighted by Gasteiger charge is -2.22. The predicted octanol–water partition coefficient (Wildman–Crippen LogP) is 2.70. The molecule has 0 bridgehead atoms. The zero-order chi connectivity index (χ0) is 19.7. The largest absolute Gasteiger partial charge is 0.481 e. The van der Waals surface area contributed by atoms with Gasteiger partial charge in [-0.25, -0.2) is 4.79 Å². The number of nitrogens with zero attached hydrogens (tertiary/aromatic N) is 2. The number of hydrogen-bond donors (Lipinski definition) is 2. The summed E-state index contributed by atoms with van der Waals surface area (Å²) in [6.07, 6.45) is 3.00. The molecule has 0 radical (unpaired) electrons. The van der Waals surface area contributed by atoms with Crippen molar-refractivity contribution in [3.8, 4) is 0 Å². The molecule has 1 aromatic heterocycles. The van der Waals surface area contributed by atoms with E-state index < -0.39 is 23.9 Å². The van der Waals surface area contributed by atoms with Crippen LogP contribution in [0, 0.1) is 0 Å². The number of fused-ring (bicyclic) bond motifs is 1. The van der Waals surface area contributed by atoms with Crippen LogP contribution in [0.2, 0.25) is 0 Å². The summed E-state index contributed by atoms with van der Waals surface area (Å²) >= 11 is 6.22. The maximum absolute atomic E-state index is 12.8. The van der Waals surface area contributed by atoms with Crippen LogP contribution in [-0.2, 0) is 21.4 Å². The molecular formula is C18H16N2O5S2. The number of hydrogen-bond acceptors (Lipinski definition) is 5. The first kappa shape index (κ1) is 19.1. The van der Waals surface area contributed by atoms with Gasteiger partial charge in [0.2, 0.25) is 0 Å². The van der Waals surface area contributed by atoms with Crippen molar-refractivity contribution >= 4 is 63.1 Å². The van der Waals surface area contributed by atoms with Gasteiger partial charge in [-0.15, -0.1) is 0 Å². The van der Waals surface area contributed by atoms with Crippen molar-refractivity contribution < 1.29 is 24.6 Å². The van der Waals surface area contributed by atoms with Gasteiger partial charge in [-0.3, -0.25) is 14.5 Å². The molecule has 7 nitrogen and oxygen atoms in total. The Kier molecular flexibility index (Phi) is 5.33. The van der Waals surface area contributed by atoms with Crippen molar-refractivity contribution in [2.75, 3.05) is 0 Å². The topological polar surface area (TPSA) is 99.8 Å². The van der Waals surface area contributed by atoms with Gasteiger partial charge in [0.15, 0.2) is 0 Å². The van der Waals surface area contributed by atoms with Crippen molar-refractivity contribution in [3.05, 3.63) is 40.9 Å². The lowest BCUT2D eigenvalue weighted by Crippen LogP contribution is -2.44. The van der Waals surface area contributed by atoms with Crippen LogP contribution in [0.1, 0.15) is 18.4 Å². The van der Waals surface area contributed by atoms with Crippen molar-refractivity contribution in [2.45, 2.75) is 18.9 Å². The van der Waals surface area contributed by atoms with E-state index in [0.29, 0.717) is 4.91 Å². The Labute approximate surface area is 164 Å². The van der Waals surface area contributed by atoms with Gasteiger partial charge in [0.1, 0.15) is 10.4 Å². The average molecular weight is 404 g/mol. The van der Waals surface area contributed by atoms with E-state index in [1.165, 1.54) is 0 Å². The second-order valence-electron chi connectivity index (χ2n) is 6.05. The molecule has 1 aliphatic heterocycles. The van der Waals surface area contributed by atoms with E-state index >= 15 is 0 Å². The molecule has 1 aromatic carbocycles. The Morgan fingerprint density at radius 2 is 2.00 bits per heavy atom. The van der Waals surface area contributed by atoms with Gasteiger partial charge in [-0.1, -0.05) is 42.2 Å². The fourth-order valence-corrected chi connectivity index (χ4v) is 4.35. The molecule has 1 amide bonds. The van der Waals surface area contributed by atoms with Crippen LogP contribution in [0.5, 0.6) is 0 Å². The predicted molar refractivity (Wildman–Crippen MR) is 106 cm³/mol. The first-order valence-electron chi connectivity index (χ1n) is 8.05. The molecule has 1 fully saturated rings. The second-order valence-corrected chi connectivity index (χ2v) is 7.73. The van der Waals surface area contributed by atoms with E-state index in [4.69, 9.17) is 17.3 Å². The molecule has 3 rings (SSSR count). The molecule has 1 aliphatic rings. The first-order chi connectivity index (χ1) is 12.8. The maximum atomic E-state index is 12.8. The highest BCUT2D eigenvalue weighted by molar-refractivity contribution is 8.26. The number of carbonyl (C=O) groups is 3. The number of carbonyl (C=O) groups excluding carboxylic acids is 1. The maximum Gasteiger partial charge on any atom is 0.326 e. The molecule has 0 aliphatic carbocycles. The van der Waals surface area contributed by atoms with Gasteiger partial charge in [0.25, 0.3) is 5.91 Å². The molecule has 1 unspecified atom stereocenters. The van der Waals surface area contributed by atoms with E-state index in [1.54, 1.807) is 6.08 Å². The average Bonchev–Trinajstić information content (AvgIpc) is 3.06. The van der Waals surface area contributed by atoms with E-state index in [-0.39, 0.29) is 17.2 Å². The fraction of sp³-hybridized carbons (Fsp3) is 0.222. The van der Waals surface area contributed by atoms with Crippen molar-refractivity contribution in [1.82, 2.24) is 9.47 Å². The van der Waals surface area contributed by atoms with Gasteiger partial charge in [-0.05, 0) is 18.6 Å². The van der Waals surface area contributed by atoms with Crippen LogP contribution >= 0.6 is 24.0 Å². The second kappa shape index (κ2) is 7.53. The minimum absolute atomic E-state index is 0.115. The van der Waals surface area contributed by atoms with Crippen molar-refractivity contribution in [1.29, 1.82) is 0 Å². The summed E-state index contributed by atoms with van der Waals surface area (Å²) in [5.74, 6) is -2.92. The highest BCUT2D eigenvalue weighted by Crippen LogP contribution is 2.36. The number of para-hydroxylation sites is 1. The highest BCUT2D eigenvalue weighted by Gasteiger charge is 2.40. The molecule has 2 N–H and O–H groups in total. The number of aliphatic carboxylic acids is 2. The van der Waals surface area contributed by atoms with E-state index in [1.807, 2.05) is 42.1 Å². The van der Waals surface area contributed by atoms with Crippen LogP contribution < -0.4 is 0 Å². The van der Waals surface area contributed by atoms with Gasteiger partial charge >= 0.3 is 11.9 Å². The summed E-state index contributed by atoms with van der Waals surface area (Å²) < 4.78 is 2.05. The Bertz CT molecular complexity index is 995. The van der Waals surface area contributed by atoms with Crippen LogP contribution in [0.4, 0.5) is 0 Å². The Balaban J connectivity index is 1.94. The number of aryl methyl sites for hydroxylation is 1. The molecule has 140 valence electrons. The number of rotatable bonds is 6. The van der Waals surface area contributed by atoms with Crippen LogP contribution in [0.3, 0.4) is 0 Å². The molecule has 0 spiro atoms. The minimum Gasteiger partial charge on any atom is -0.481 e. The highest BCUT2D eigenvalue weighted by atomic mass is 32.2. The summed E-state index contributed by atoms with van der Waals surface area (Å²) in [6, 6.07) is 6.42. The quantitative estimate of drug-likeness (QED) is 0.564. The number of carboxylic acids is 2. The normalized spacial score (nSPS) is 17.1. The zero-order valence-corrected chi connectivity index (χ0v) is 15.9. The SMILES string of the molecule is Cn1cc(/C=C2\SC(=S)N(C(CCC(=O)O)C(=O)O)C2=O)c2ccccc21. The molecular weight excluding hydrogens is 388 g/mol. The van der Waals surface area contributed by atoms with Gasteiger partial charge in [0.05, 0.1) is 4.91 Å². The summed E-state index contributed by atoms with van der Waals surface area (Å²) in [7, 11) is 1.90. The molecule has 1 saturated heterocycles. The molecule has 1 atom stereocenters. The molecule has 9 heteroatoms. The molecule has 2 heterocycles. The van der Waals surface area contributed by atoms with Crippen LogP contribution in [0.15, 0.2) is 35.4 Å². The van der Waals surface area contributed by atoms with E-state index in [9.17, 15) is 19.5 Å². The first-order valence-corrected chi connectivity index (χ1v) is 9.27. The Morgan fingerprint density at radius 3 is 2.67 bits per heavy atom. The summed E-state index contributed by atoms with van der Waals surface area (Å²) in [5.41, 5.74) is 1.83. The number of thioether (sulfide) groups is 1. The third kappa shape index (κ3) is 3.74. The minimum atomic E-state index is -1.30. The number of carboxylic acid groups (broad SMARTS) is 2. The van der Waals surface area contributed by atoms with Gasteiger partial charge in [0, 0.05) is 36.1 Å². The number of thiocarbonyl (C=S) groups is 1.